The fourth-order valence-corrected chi connectivity index (χ4v) is 2.33. The fourth-order valence-electron chi connectivity index (χ4n) is 2.33. The van der Waals surface area contributed by atoms with E-state index in [-0.39, 0.29) is 42.4 Å². The Kier molecular flexibility index (Phi) is 17.6. The zero-order chi connectivity index (χ0) is 21.9. The molecule has 0 saturated carbocycles. The van der Waals surface area contributed by atoms with Gasteiger partial charge in [0.25, 0.3) is 0 Å². The minimum Gasteiger partial charge on any atom is -0.504 e. The van der Waals surface area contributed by atoms with Gasteiger partial charge in [-0.1, -0.05) is 86.0 Å². The predicted octanol–water partition coefficient (Wildman–Crippen LogP) is 8.35. The van der Waals surface area contributed by atoms with Gasteiger partial charge in [0.1, 0.15) is 0 Å². The summed E-state index contributed by atoms with van der Waals surface area (Å²) in [7, 11) is 0. The minimum absolute atomic E-state index is 0. The maximum Gasteiger partial charge on any atom is 3.00 e. The van der Waals surface area contributed by atoms with Gasteiger partial charge >= 0.3 is 16.5 Å². The second-order valence-corrected chi connectivity index (χ2v) is 8.80. The molecule has 3 rings (SSSR count). The molecule has 2 aromatic rings. The van der Waals surface area contributed by atoms with Crippen LogP contribution in [0.2, 0.25) is 0 Å². The van der Waals surface area contributed by atoms with Crippen molar-refractivity contribution < 1.29 is 16.5 Å². The Bertz CT molecular complexity index is 688. The van der Waals surface area contributed by atoms with E-state index in [1.807, 2.05) is 72.8 Å². The Labute approximate surface area is 209 Å². The molecule has 32 heavy (non-hydrogen) atoms. The summed E-state index contributed by atoms with van der Waals surface area (Å²) < 4.78 is 0. The first-order chi connectivity index (χ1) is 13.6. The molecule has 0 unspecified atom stereocenters. The standard InChI is InChI=1S/C11H21N2.2C8H8.2CH3.Ni/c1-10(2,3)12-7-8-13(9-12)11(4,5)6;2*1-2-8-6-4-3-5-7-8;;;/h7-9H,1-6H3;2*2-7H,1H2;2*1H3;/q-1;;;2*-1;+3. The molecular formula is C29H43N2Ni. The van der Waals surface area contributed by atoms with Crippen LogP contribution in [-0.2, 0) is 16.5 Å². The van der Waals surface area contributed by atoms with Crippen molar-refractivity contribution in [2.24, 2.45) is 0 Å². The second-order valence-electron chi connectivity index (χ2n) is 8.80. The van der Waals surface area contributed by atoms with E-state index in [1.165, 1.54) is 11.1 Å². The topological polar surface area (TPSA) is 6.48 Å². The van der Waals surface area contributed by atoms with Gasteiger partial charge in [0.15, 0.2) is 0 Å². The Morgan fingerprint density at radius 1 is 0.625 bits per heavy atom. The normalized spacial score (nSPS) is 11.8. The maximum absolute atomic E-state index is 3.63. The van der Waals surface area contributed by atoms with Gasteiger partial charge in [-0.25, -0.2) is 0 Å². The molecule has 0 spiro atoms. The summed E-state index contributed by atoms with van der Waals surface area (Å²) in [5.41, 5.74) is 2.70. The first-order valence-corrected chi connectivity index (χ1v) is 10.0. The van der Waals surface area contributed by atoms with Crippen LogP contribution in [0.3, 0.4) is 0 Å². The third-order valence-corrected chi connectivity index (χ3v) is 4.26. The van der Waals surface area contributed by atoms with Gasteiger partial charge in [0.2, 0.25) is 0 Å². The third kappa shape index (κ3) is 13.2. The van der Waals surface area contributed by atoms with Crippen LogP contribution in [0.1, 0.15) is 52.7 Å². The minimum atomic E-state index is 0. The Morgan fingerprint density at radius 3 is 1.06 bits per heavy atom. The van der Waals surface area contributed by atoms with E-state index in [0.29, 0.717) is 0 Å². The van der Waals surface area contributed by atoms with Crippen molar-refractivity contribution in [1.82, 2.24) is 9.80 Å². The van der Waals surface area contributed by atoms with Gasteiger partial charge in [-0.2, -0.15) is 6.67 Å². The van der Waals surface area contributed by atoms with Gasteiger partial charge in [-0.05, 0) is 65.1 Å². The molecule has 0 fully saturated rings. The molecule has 179 valence electrons. The molecular weight excluding hydrogens is 435 g/mol. The van der Waals surface area contributed by atoms with Gasteiger partial charge in [-0.3, -0.25) is 0 Å². The van der Waals surface area contributed by atoms with Gasteiger partial charge in [-0.15, -0.1) is 0 Å². The zero-order valence-corrected chi connectivity index (χ0v) is 22.3. The summed E-state index contributed by atoms with van der Waals surface area (Å²) >= 11 is 0. The van der Waals surface area contributed by atoms with Gasteiger partial charge < -0.3 is 24.7 Å². The number of hydrogen-bond acceptors (Lipinski definition) is 2. The van der Waals surface area contributed by atoms with E-state index >= 15 is 0 Å². The number of hydrogen-bond donors (Lipinski definition) is 0. The molecule has 0 aromatic heterocycles. The van der Waals surface area contributed by atoms with Crippen LogP contribution in [0, 0.1) is 21.5 Å². The van der Waals surface area contributed by atoms with Gasteiger partial charge in [0, 0.05) is 11.1 Å². The Hall–Kier alpha value is -2.25. The maximum atomic E-state index is 3.63. The summed E-state index contributed by atoms with van der Waals surface area (Å²) in [5.74, 6) is 0. The predicted molar refractivity (Wildman–Crippen MR) is 143 cm³/mol. The Morgan fingerprint density at radius 2 is 0.906 bits per heavy atom. The smallest absolute Gasteiger partial charge is 0.504 e. The molecule has 0 saturated heterocycles. The van der Waals surface area contributed by atoms with Crippen LogP contribution < -0.4 is 0 Å². The quantitative estimate of drug-likeness (QED) is 0.316. The number of nitrogens with zero attached hydrogens (tertiary/aromatic N) is 2. The summed E-state index contributed by atoms with van der Waals surface area (Å²) in [6.07, 6.45) is 7.93. The van der Waals surface area contributed by atoms with Crippen LogP contribution in [0.25, 0.3) is 12.2 Å². The average molecular weight is 478 g/mol. The third-order valence-electron chi connectivity index (χ3n) is 4.26. The molecule has 0 atom stereocenters. The van der Waals surface area contributed by atoms with E-state index < -0.39 is 0 Å². The van der Waals surface area contributed by atoms with Crippen LogP contribution in [-0.4, -0.2) is 20.9 Å². The molecule has 3 heteroatoms. The first-order valence-electron chi connectivity index (χ1n) is 10.0. The summed E-state index contributed by atoms with van der Waals surface area (Å²) in [6.45, 7) is 22.7. The number of rotatable bonds is 2. The monoisotopic (exact) mass is 477 g/mol. The van der Waals surface area contributed by atoms with Crippen molar-refractivity contribution in [2.45, 2.75) is 52.6 Å². The van der Waals surface area contributed by atoms with E-state index in [2.05, 4.69) is 83.6 Å². The molecule has 0 amide bonds. The SMILES string of the molecule is C=Cc1ccccc1.C=Cc1ccccc1.CC(C)(C)N1C=CN(C(C)(C)C)[CH-]1.[CH3-].[CH3-].[Ni+3]. The van der Waals surface area contributed by atoms with Crippen molar-refractivity contribution in [3.63, 3.8) is 0 Å². The molecule has 2 aromatic carbocycles. The largest absolute Gasteiger partial charge is 3.00 e. The van der Waals surface area contributed by atoms with E-state index in [1.54, 1.807) is 0 Å². The van der Waals surface area contributed by atoms with Crippen molar-refractivity contribution >= 4 is 12.2 Å². The van der Waals surface area contributed by atoms with Crippen molar-refractivity contribution in [1.29, 1.82) is 0 Å². The van der Waals surface area contributed by atoms with Crippen LogP contribution >= 0.6 is 0 Å². The van der Waals surface area contributed by atoms with Crippen LogP contribution in [0.5, 0.6) is 0 Å². The van der Waals surface area contributed by atoms with E-state index in [4.69, 9.17) is 0 Å². The Balaban J connectivity index is -0.000000392. The van der Waals surface area contributed by atoms with Gasteiger partial charge in [0.05, 0.1) is 0 Å². The second kappa shape index (κ2) is 16.4. The molecule has 1 heterocycles. The number of benzene rings is 2. The zero-order valence-electron chi connectivity index (χ0n) is 21.3. The molecule has 1 aliphatic heterocycles. The molecule has 0 aliphatic carbocycles. The molecule has 1 radical (unpaired) electrons. The fraction of sp³-hybridized carbons (Fsp3) is 0.276. The molecule has 2 nitrogen and oxygen atoms in total. The summed E-state index contributed by atoms with van der Waals surface area (Å²) in [6, 6.07) is 20.1. The first kappa shape index (κ1) is 34.4. The van der Waals surface area contributed by atoms with Crippen molar-refractivity contribution in [2.75, 3.05) is 0 Å². The van der Waals surface area contributed by atoms with Crippen LogP contribution in [0.4, 0.5) is 0 Å². The van der Waals surface area contributed by atoms with E-state index in [9.17, 15) is 0 Å². The molecule has 0 N–H and O–H groups in total. The van der Waals surface area contributed by atoms with Crippen molar-refractivity contribution in [3.8, 4) is 0 Å². The van der Waals surface area contributed by atoms with Crippen LogP contribution in [0.15, 0.2) is 86.2 Å². The summed E-state index contributed by atoms with van der Waals surface area (Å²) in [5, 5.41) is 0. The molecule has 1 aliphatic rings. The average Bonchev–Trinajstić information content (AvgIpc) is 3.22. The van der Waals surface area contributed by atoms with Crippen molar-refractivity contribution in [3.05, 3.63) is 119 Å². The molecule has 0 bridgehead atoms. The summed E-state index contributed by atoms with van der Waals surface area (Å²) in [4.78, 5) is 4.47. The van der Waals surface area contributed by atoms with E-state index in [0.717, 1.165) is 0 Å².